The van der Waals surface area contributed by atoms with Crippen LogP contribution in [0.5, 0.6) is 5.88 Å². The molecule has 0 saturated heterocycles. The second-order valence-electron chi connectivity index (χ2n) is 7.44. The number of benzene rings is 1. The van der Waals surface area contributed by atoms with Crippen LogP contribution in [0.1, 0.15) is 42.3 Å². The minimum Gasteiger partial charge on any atom is -0.475 e. The van der Waals surface area contributed by atoms with Gasteiger partial charge in [-0.3, -0.25) is 4.79 Å². The molecule has 1 aromatic carbocycles. The standard InChI is InChI=1S/C20H20F6N2O3/c1-18(2,3)31-7-6-30-16-5-4-12(11-27-16)17(29)28-15-9-13(19(21,22)23)8-14(10-15)20(24,25)26/h4-5,8-11H,6-7H2,1-3H3,(H,28,29). The summed E-state index contributed by atoms with van der Waals surface area (Å²) in [7, 11) is 0. The maximum Gasteiger partial charge on any atom is 0.416 e. The average molecular weight is 450 g/mol. The zero-order chi connectivity index (χ0) is 23.4. The minimum atomic E-state index is -5.02. The number of carbonyl (C=O) groups excluding carboxylic acids is 1. The number of ether oxygens (including phenoxy) is 2. The van der Waals surface area contributed by atoms with Gasteiger partial charge in [-0.05, 0) is 45.0 Å². The molecule has 1 heterocycles. The molecule has 0 atom stereocenters. The number of hydrogen-bond acceptors (Lipinski definition) is 4. The van der Waals surface area contributed by atoms with E-state index < -0.39 is 35.1 Å². The van der Waals surface area contributed by atoms with Gasteiger partial charge in [-0.1, -0.05) is 0 Å². The van der Waals surface area contributed by atoms with Crippen molar-refractivity contribution in [1.82, 2.24) is 4.98 Å². The summed E-state index contributed by atoms with van der Waals surface area (Å²) in [6, 6.07) is 3.45. The Labute approximate surface area is 174 Å². The van der Waals surface area contributed by atoms with E-state index in [1.54, 1.807) is 0 Å². The molecule has 5 nitrogen and oxygen atoms in total. The molecule has 1 aromatic heterocycles. The highest BCUT2D eigenvalue weighted by atomic mass is 19.4. The number of rotatable bonds is 6. The Morgan fingerprint density at radius 3 is 1.97 bits per heavy atom. The molecule has 11 heteroatoms. The van der Waals surface area contributed by atoms with Crippen molar-refractivity contribution in [2.24, 2.45) is 0 Å². The summed E-state index contributed by atoms with van der Waals surface area (Å²) in [5, 5.41) is 2.03. The van der Waals surface area contributed by atoms with Crippen LogP contribution in [-0.2, 0) is 17.1 Å². The Bertz CT molecular complexity index is 871. The van der Waals surface area contributed by atoms with Gasteiger partial charge in [-0.15, -0.1) is 0 Å². The molecule has 0 aliphatic rings. The third-order valence-corrected chi connectivity index (χ3v) is 3.71. The SMILES string of the molecule is CC(C)(C)OCCOc1ccc(C(=O)Nc2cc(C(F)(F)F)cc(C(F)(F)F)c2)cn1. The molecule has 0 bridgehead atoms. The largest absolute Gasteiger partial charge is 0.475 e. The van der Waals surface area contributed by atoms with Crippen LogP contribution >= 0.6 is 0 Å². The number of halogens is 6. The topological polar surface area (TPSA) is 60.5 Å². The number of hydrogen-bond donors (Lipinski definition) is 1. The quantitative estimate of drug-likeness (QED) is 0.462. The molecule has 0 saturated carbocycles. The second-order valence-corrected chi connectivity index (χ2v) is 7.44. The zero-order valence-corrected chi connectivity index (χ0v) is 16.8. The van der Waals surface area contributed by atoms with Crippen molar-refractivity contribution in [3.63, 3.8) is 0 Å². The maximum atomic E-state index is 12.9. The van der Waals surface area contributed by atoms with Gasteiger partial charge in [0.1, 0.15) is 6.61 Å². The number of carbonyl (C=O) groups is 1. The van der Waals surface area contributed by atoms with Gasteiger partial charge in [0.15, 0.2) is 0 Å². The third kappa shape index (κ3) is 7.74. The highest BCUT2D eigenvalue weighted by molar-refractivity contribution is 6.04. The maximum absolute atomic E-state index is 12.9. The van der Waals surface area contributed by atoms with Crippen molar-refractivity contribution in [2.45, 2.75) is 38.7 Å². The summed E-state index contributed by atoms with van der Waals surface area (Å²) < 4.78 is 88.3. The molecule has 31 heavy (non-hydrogen) atoms. The lowest BCUT2D eigenvalue weighted by atomic mass is 10.1. The predicted molar refractivity (Wildman–Crippen MR) is 99.8 cm³/mol. The van der Waals surface area contributed by atoms with Gasteiger partial charge < -0.3 is 14.8 Å². The second kappa shape index (κ2) is 9.13. The Balaban J connectivity index is 2.09. The summed E-state index contributed by atoms with van der Waals surface area (Å²) in [5.74, 6) is -0.755. The van der Waals surface area contributed by atoms with Crippen LogP contribution in [0.4, 0.5) is 32.0 Å². The number of anilines is 1. The van der Waals surface area contributed by atoms with Crippen LogP contribution in [0.3, 0.4) is 0 Å². The van der Waals surface area contributed by atoms with E-state index in [4.69, 9.17) is 9.47 Å². The first-order valence-electron chi connectivity index (χ1n) is 8.99. The summed E-state index contributed by atoms with van der Waals surface area (Å²) in [6.07, 6.45) is -8.94. The molecule has 0 fully saturated rings. The number of nitrogens with zero attached hydrogens (tertiary/aromatic N) is 1. The molecule has 2 rings (SSSR count). The van der Waals surface area contributed by atoms with Gasteiger partial charge in [0.25, 0.3) is 5.91 Å². The first-order chi connectivity index (χ1) is 14.1. The molecular weight excluding hydrogens is 430 g/mol. The van der Waals surface area contributed by atoms with Crippen molar-refractivity contribution in [3.8, 4) is 5.88 Å². The molecular formula is C20H20F6N2O3. The molecule has 0 spiro atoms. The fourth-order valence-electron chi connectivity index (χ4n) is 2.32. The lowest BCUT2D eigenvalue weighted by Gasteiger charge is -2.19. The molecule has 0 radical (unpaired) electrons. The third-order valence-electron chi connectivity index (χ3n) is 3.71. The number of alkyl halides is 6. The Morgan fingerprint density at radius 2 is 1.52 bits per heavy atom. The number of aromatic nitrogens is 1. The van der Waals surface area contributed by atoms with E-state index in [0.717, 1.165) is 6.20 Å². The van der Waals surface area contributed by atoms with Gasteiger partial charge in [0, 0.05) is 18.0 Å². The fraction of sp³-hybridized carbons (Fsp3) is 0.400. The van der Waals surface area contributed by atoms with Crippen LogP contribution in [0, 0.1) is 0 Å². The van der Waals surface area contributed by atoms with Crippen molar-refractivity contribution in [2.75, 3.05) is 18.5 Å². The minimum absolute atomic E-state index is 0.0211. The van der Waals surface area contributed by atoms with E-state index in [2.05, 4.69) is 4.98 Å². The van der Waals surface area contributed by atoms with Crippen molar-refractivity contribution >= 4 is 11.6 Å². The highest BCUT2D eigenvalue weighted by Gasteiger charge is 2.37. The zero-order valence-electron chi connectivity index (χ0n) is 16.8. The molecule has 2 aromatic rings. The molecule has 0 aliphatic carbocycles. The van der Waals surface area contributed by atoms with Gasteiger partial charge >= 0.3 is 12.4 Å². The Kier molecular flexibility index (Phi) is 7.20. The molecule has 0 unspecified atom stereocenters. The van der Waals surface area contributed by atoms with Crippen molar-refractivity contribution < 1.29 is 40.6 Å². The van der Waals surface area contributed by atoms with E-state index in [-0.39, 0.29) is 29.7 Å². The predicted octanol–water partition coefficient (Wildman–Crippen LogP) is 5.57. The van der Waals surface area contributed by atoms with E-state index in [9.17, 15) is 31.1 Å². The van der Waals surface area contributed by atoms with Gasteiger partial charge in [-0.2, -0.15) is 26.3 Å². The summed E-state index contributed by atoms with van der Waals surface area (Å²) in [5.41, 5.74) is -4.13. The monoisotopic (exact) mass is 450 g/mol. The number of amides is 1. The van der Waals surface area contributed by atoms with Crippen LogP contribution in [0.2, 0.25) is 0 Å². The smallest absolute Gasteiger partial charge is 0.416 e. The van der Waals surface area contributed by atoms with E-state index in [0.29, 0.717) is 18.7 Å². The lowest BCUT2D eigenvalue weighted by molar-refractivity contribution is -0.143. The molecule has 170 valence electrons. The van der Waals surface area contributed by atoms with E-state index in [1.165, 1.54) is 12.1 Å². The molecule has 0 aliphatic heterocycles. The summed E-state index contributed by atoms with van der Waals surface area (Å²) in [4.78, 5) is 16.1. The average Bonchev–Trinajstić information content (AvgIpc) is 2.63. The summed E-state index contributed by atoms with van der Waals surface area (Å²) in [6.45, 7) is 6.12. The normalized spacial score (nSPS) is 12.5. The van der Waals surface area contributed by atoms with Crippen LogP contribution in [0.15, 0.2) is 36.5 Å². The van der Waals surface area contributed by atoms with Crippen LogP contribution in [-0.4, -0.2) is 29.7 Å². The Morgan fingerprint density at radius 1 is 0.935 bits per heavy atom. The molecule has 1 amide bonds. The van der Waals surface area contributed by atoms with Gasteiger partial charge in [-0.25, -0.2) is 4.98 Å². The fourth-order valence-corrected chi connectivity index (χ4v) is 2.32. The van der Waals surface area contributed by atoms with E-state index >= 15 is 0 Å². The van der Waals surface area contributed by atoms with Crippen molar-refractivity contribution in [1.29, 1.82) is 0 Å². The van der Waals surface area contributed by atoms with Crippen molar-refractivity contribution in [3.05, 3.63) is 53.2 Å². The highest BCUT2D eigenvalue weighted by Crippen LogP contribution is 2.37. The van der Waals surface area contributed by atoms with E-state index in [1.807, 2.05) is 26.1 Å². The summed E-state index contributed by atoms with van der Waals surface area (Å²) >= 11 is 0. The van der Waals surface area contributed by atoms with Gasteiger partial charge in [0.05, 0.1) is 28.9 Å². The lowest BCUT2D eigenvalue weighted by Crippen LogP contribution is -2.22. The molecule has 1 N–H and O–H groups in total. The van der Waals surface area contributed by atoms with Crippen LogP contribution in [0.25, 0.3) is 0 Å². The first-order valence-corrected chi connectivity index (χ1v) is 8.99. The number of pyridine rings is 1. The van der Waals surface area contributed by atoms with Gasteiger partial charge in [0.2, 0.25) is 5.88 Å². The first kappa shape index (κ1) is 24.4. The number of nitrogens with one attached hydrogen (secondary N) is 1. The van der Waals surface area contributed by atoms with Crippen LogP contribution < -0.4 is 10.1 Å². The Hall–Kier alpha value is -2.82.